The molecule has 0 radical (unpaired) electrons. The largest absolute Gasteiger partial charge is 0.238 e. The van der Waals surface area contributed by atoms with Crippen LogP contribution >= 0.6 is 0 Å². The van der Waals surface area contributed by atoms with Crippen molar-refractivity contribution in [2.24, 2.45) is 0 Å². The standard InChI is InChI=1S/C24H44N2/c1-4-7-10-12-14-16-18-22-21-23(19-17-15-13-11-8-5-2)26-24(25-22)20-9-6-3/h21H,4-20H2,1-3H3. The van der Waals surface area contributed by atoms with Crippen LogP contribution in [0.25, 0.3) is 0 Å². The number of nitrogens with zero attached hydrogens (tertiary/aromatic N) is 2. The summed E-state index contributed by atoms with van der Waals surface area (Å²) in [5.74, 6) is 1.09. The zero-order chi connectivity index (χ0) is 18.9. The average molecular weight is 361 g/mol. The molecule has 2 heteroatoms. The molecule has 0 aliphatic heterocycles. The highest BCUT2D eigenvalue weighted by molar-refractivity contribution is 5.12. The van der Waals surface area contributed by atoms with E-state index in [-0.39, 0.29) is 0 Å². The molecule has 0 fully saturated rings. The highest BCUT2D eigenvalue weighted by Gasteiger charge is 2.05. The molecule has 0 unspecified atom stereocenters. The van der Waals surface area contributed by atoms with E-state index < -0.39 is 0 Å². The predicted molar refractivity (Wildman–Crippen MR) is 115 cm³/mol. The third kappa shape index (κ3) is 11.6. The van der Waals surface area contributed by atoms with Crippen molar-refractivity contribution in [1.82, 2.24) is 9.97 Å². The van der Waals surface area contributed by atoms with E-state index in [2.05, 4.69) is 26.8 Å². The Morgan fingerprint density at radius 1 is 0.500 bits per heavy atom. The lowest BCUT2D eigenvalue weighted by Gasteiger charge is -2.09. The van der Waals surface area contributed by atoms with E-state index in [1.165, 1.54) is 101 Å². The van der Waals surface area contributed by atoms with E-state index >= 15 is 0 Å². The number of aryl methyl sites for hydroxylation is 3. The van der Waals surface area contributed by atoms with Gasteiger partial charge in [-0.15, -0.1) is 0 Å². The summed E-state index contributed by atoms with van der Waals surface area (Å²) >= 11 is 0. The van der Waals surface area contributed by atoms with Gasteiger partial charge in [-0.2, -0.15) is 0 Å². The van der Waals surface area contributed by atoms with Gasteiger partial charge >= 0.3 is 0 Å². The van der Waals surface area contributed by atoms with Gasteiger partial charge in [0.25, 0.3) is 0 Å². The predicted octanol–water partition coefficient (Wildman–Crippen LogP) is 7.63. The molecule has 150 valence electrons. The van der Waals surface area contributed by atoms with Crippen LogP contribution in [0.15, 0.2) is 6.07 Å². The second-order valence-electron chi connectivity index (χ2n) is 7.91. The van der Waals surface area contributed by atoms with Crippen molar-refractivity contribution < 1.29 is 0 Å². The lowest BCUT2D eigenvalue weighted by atomic mass is 10.1. The molecular formula is C24H44N2. The van der Waals surface area contributed by atoms with Crippen molar-refractivity contribution in [2.45, 2.75) is 130 Å². The molecule has 1 aromatic heterocycles. The molecule has 2 nitrogen and oxygen atoms in total. The maximum absolute atomic E-state index is 4.86. The zero-order valence-electron chi connectivity index (χ0n) is 18.0. The lowest BCUT2D eigenvalue weighted by molar-refractivity contribution is 0.596. The summed E-state index contributed by atoms with van der Waals surface area (Å²) < 4.78 is 0. The van der Waals surface area contributed by atoms with Crippen molar-refractivity contribution in [3.05, 3.63) is 23.3 Å². The summed E-state index contributed by atoms with van der Waals surface area (Å²) in [5.41, 5.74) is 2.59. The summed E-state index contributed by atoms with van der Waals surface area (Å²) in [6, 6.07) is 2.30. The Labute approximate surface area is 163 Å². The van der Waals surface area contributed by atoms with Crippen LogP contribution in [0, 0.1) is 0 Å². The molecule has 0 saturated carbocycles. The number of aromatic nitrogens is 2. The first-order valence-corrected chi connectivity index (χ1v) is 11.7. The molecule has 0 aliphatic carbocycles. The SMILES string of the molecule is CCCCCCCCc1cc(CCCCCCCC)nc(CCCC)n1. The minimum Gasteiger partial charge on any atom is -0.238 e. The topological polar surface area (TPSA) is 25.8 Å². The van der Waals surface area contributed by atoms with Crippen molar-refractivity contribution in [1.29, 1.82) is 0 Å². The maximum atomic E-state index is 4.86. The van der Waals surface area contributed by atoms with Crippen molar-refractivity contribution >= 4 is 0 Å². The molecule has 0 amide bonds. The van der Waals surface area contributed by atoms with Crippen LogP contribution in [0.5, 0.6) is 0 Å². The van der Waals surface area contributed by atoms with Crippen LogP contribution < -0.4 is 0 Å². The molecule has 0 aromatic carbocycles. The molecular weight excluding hydrogens is 316 g/mol. The quantitative estimate of drug-likeness (QED) is 0.267. The van der Waals surface area contributed by atoms with Crippen molar-refractivity contribution in [3.63, 3.8) is 0 Å². The highest BCUT2D eigenvalue weighted by atomic mass is 14.9. The van der Waals surface area contributed by atoms with E-state index in [4.69, 9.17) is 9.97 Å². The van der Waals surface area contributed by atoms with E-state index in [0.717, 1.165) is 25.1 Å². The van der Waals surface area contributed by atoms with Gasteiger partial charge in [-0.25, -0.2) is 9.97 Å². The molecule has 1 aromatic rings. The van der Waals surface area contributed by atoms with E-state index in [1.807, 2.05) is 0 Å². The molecule has 1 heterocycles. The fourth-order valence-corrected chi connectivity index (χ4v) is 3.49. The van der Waals surface area contributed by atoms with Crippen LogP contribution in [0.2, 0.25) is 0 Å². The van der Waals surface area contributed by atoms with E-state index in [1.54, 1.807) is 0 Å². The fraction of sp³-hybridized carbons (Fsp3) is 0.833. The van der Waals surface area contributed by atoms with Crippen LogP contribution in [0.1, 0.15) is 128 Å². The smallest absolute Gasteiger partial charge is 0.128 e. The minimum atomic E-state index is 1.05. The second-order valence-corrected chi connectivity index (χ2v) is 7.91. The molecule has 1 rings (SSSR count). The monoisotopic (exact) mass is 360 g/mol. The van der Waals surface area contributed by atoms with E-state index in [9.17, 15) is 0 Å². The molecule has 0 atom stereocenters. The highest BCUT2D eigenvalue weighted by Crippen LogP contribution is 2.14. The van der Waals surface area contributed by atoms with Crippen LogP contribution in [-0.2, 0) is 19.3 Å². The van der Waals surface area contributed by atoms with Crippen LogP contribution in [0.4, 0.5) is 0 Å². The fourth-order valence-electron chi connectivity index (χ4n) is 3.49. The molecule has 0 spiro atoms. The van der Waals surface area contributed by atoms with Gasteiger partial charge in [0, 0.05) is 17.8 Å². The number of hydrogen-bond acceptors (Lipinski definition) is 2. The maximum Gasteiger partial charge on any atom is 0.128 e. The number of unbranched alkanes of at least 4 members (excludes halogenated alkanes) is 11. The normalized spacial score (nSPS) is 11.2. The molecule has 26 heavy (non-hydrogen) atoms. The summed E-state index contributed by atoms with van der Waals surface area (Å²) in [7, 11) is 0. The van der Waals surface area contributed by atoms with Gasteiger partial charge in [-0.3, -0.25) is 0 Å². The third-order valence-corrected chi connectivity index (χ3v) is 5.21. The summed E-state index contributed by atoms with van der Waals surface area (Å²) in [4.78, 5) is 9.73. The van der Waals surface area contributed by atoms with Crippen LogP contribution in [0.3, 0.4) is 0 Å². The van der Waals surface area contributed by atoms with Gasteiger partial charge in [-0.05, 0) is 38.2 Å². The Morgan fingerprint density at radius 3 is 1.38 bits per heavy atom. The number of rotatable bonds is 17. The first-order chi connectivity index (χ1) is 12.8. The van der Waals surface area contributed by atoms with Crippen molar-refractivity contribution in [2.75, 3.05) is 0 Å². The zero-order valence-corrected chi connectivity index (χ0v) is 18.0. The Morgan fingerprint density at radius 2 is 0.923 bits per heavy atom. The van der Waals surface area contributed by atoms with Gasteiger partial charge in [0.15, 0.2) is 0 Å². The van der Waals surface area contributed by atoms with E-state index in [0.29, 0.717) is 0 Å². The first kappa shape index (κ1) is 23.1. The first-order valence-electron chi connectivity index (χ1n) is 11.7. The second kappa shape index (κ2) is 16.3. The van der Waals surface area contributed by atoms with Gasteiger partial charge in [0.1, 0.15) is 5.82 Å². The van der Waals surface area contributed by atoms with Gasteiger partial charge in [0.05, 0.1) is 0 Å². The average Bonchev–Trinajstić information content (AvgIpc) is 2.65. The van der Waals surface area contributed by atoms with Gasteiger partial charge in [0.2, 0.25) is 0 Å². The van der Waals surface area contributed by atoms with Gasteiger partial charge in [-0.1, -0.05) is 91.4 Å². The Kier molecular flexibility index (Phi) is 14.5. The van der Waals surface area contributed by atoms with Gasteiger partial charge < -0.3 is 0 Å². The summed E-state index contributed by atoms with van der Waals surface area (Å²) in [5, 5.41) is 0. The molecule has 0 bridgehead atoms. The lowest BCUT2D eigenvalue weighted by Crippen LogP contribution is -2.04. The Balaban J connectivity index is 2.45. The molecule has 0 saturated heterocycles. The van der Waals surface area contributed by atoms with Crippen LogP contribution in [-0.4, -0.2) is 9.97 Å². The Hall–Kier alpha value is -0.920. The molecule has 0 aliphatic rings. The summed E-state index contributed by atoms with van der Waals surface area (Å²) in [6.07, 6.45) is 22.0. The number of hydrogen-bond donors (Lipinski definition) is 0. The minimum absolute atomic E-state index is 1.05. The molecule has 0 N–H and O–H groups in total. The van der Waals surface area contributed by atoms with Crippen molar-refractivity contribution in [3.8, 4) is 0 Å². The summed E-state index contributed by atoms with van der Waals surface area (Å²) in [6.45, 7) is 6.81. The Bertz CT molecular complexity index is 408. The third-order valence-electron chi connectivity index (χ3n) is 5.21.